The summed E-state index contributed by atoms with van der Waals surface area (Å²) in [4.78, 5) is 7.24. The Labute approximate surface area is 196 Å². The van der Waals surface area contributed by atoms with Gasteiger partial charge >= 0.3 is 0 Å². The largest absolute Gasteiger partial charge is 0.352 e. The van der Waals surface area contributed by atoms with Gasteiger partial charge in [-0.05, 0) is 81.2 Å². The SMILES string of the molecule is Cc1ccccc1-n1c(C)cc([C@@H]2[C@H](c3ccccn3)NC(=S)N2C2CCCCC2)c1C. The lowest BCUT2D eigenvalue weighted by Crippen LogP contribution is -2.40. The Bertz CT molecular complexity index is 1110. The molecule has 1 aliphatic heterocycles. The molecule has 3 aromatic rings. The van der Waals surface area contributed by atoms with Gasteiger partial charge in [0.2, 0.25) is 0 Å². The Hall–Kier alpha value is -2.66. The zero-order chi connectivity index (χ0) is 22.2. The van der Waals surface area contributed by atoms with Crippen molar-refractivity contribution in [1.29, 1.82) is 0 Å². The summed E-state index contributed by atoms with van der Waals surface area (Å²) in [6, 6.07) is 17.9. The summed E-state index contributed by atoms with van der Waals surface area (Å²) in [6.45, 7) is 6.65. The van der Waals surface area contributed by atoms with Gasteiger partial charge in [0.15, 0.2) is 5.11 Å². The van der Waals surface area contributed by atoms with Gasteiger partial charge in [-0.25, -0.2) is 0 Å². The summed E-state index contributed by atoms with van der Waals surface area (Å²) in [5.41, 5.74) is 7.48. The highest BCUT2D eigenvalue weighted by Crippen LogP contribution is 2.44. The summed E-state index contributed by atoms with van der Waals surface area (Å²) in [5, 5.41) is 4.53. The Balaban J connectivity index is 1.64. The average molecular weight is 445 g/mol. The first-order chi connectivity index (χ1) is 15.6. The van der Waals surface area contributed by atoms with Gasteiger partial charge in [0.1, 0.15) is 0 Å². The fourth-order valence-corrected chi connectivity index (χ4v) is 6.11. The molecule has 0 spiro atoms. The van der Waals surface area contributed by atoms with Crippen LogP contribution in [0.4, 0.5) is 0 Å². The lowest BCUT2D eigenvalue weighted by atomic mass is 9.90. The fraction of sp³-hybridized carbons (Fsp3) is 0.407. The Kier molecular flexibility index (Phi) is 5.76. The zero-order valence-electron chi connectivity index (χ0n) is 19.2. The molecule has 1 saturated carbocycles. The Morgan fingerprint density at radius 3 is 2.44 bits per heavy atom. The first kappa shape index (κ1) is 21.2. The van der Waals surface area contributed by atoms with Gasteiger partial charge in [0.25, 0.3) is 0 Å². The number of pyridine rings is 1. The van der Waals surface area contributed by atoms with Gasteiger partial charge in [-0.15, -0.1) is 0 Å². The van der Waals surface area contributed by atoms with Crippen molar-refractivity contribution in [2.45, 2.75) is 71.0 Å². The van der Waals surface area contributed by atoms with Crippen LogP contribution >= 0.6 is 12.2 Å². The van der Waals surface area contributed by atoms with E-state index in [0.29, 0.717) is 6.04 Å². The van der Waals surface area contributed by atoms with Crippen molar-refractivity contribution in [3.8, 4) is 5.69 Å². The van der Waals surface area contributed by atoms with E-state index in [0.717, 1.165) is 10.8 Å². The van der Waals surface area contributed by atoms with Gasteiger partial charge in [0.05, 0.1) is 17.8 Å². The minimum atomic E-state index is 0.0523. The molecule has 5 rings (SSSR count). The third-order valence-corrected chi connectivity index (χ3v) is 7.58. The third kappa shape index (κ3) is 3.62. The predicted octanol–water partition coefficient (Wildman–Crippen LogP) is 6.10. The van der Waals surface area contributed by atoms with Crippen molar-refractivity contribution in [2.75, 3.05) is 0 Å². The van der Waals surface area contributed by atoms with Crippen molar-refractivity contribution in [3.63, 3.8) is 0 Å². The van der Waals surface area contributed by atoms with E-state index in [1.54, 1.807) is 0 Å². The Morgan fingerprint density at radius 2 is 1.72 bits per heavy atom. The van der Waals surface area contributed by atoms with Crippen LogP contribution < -0.4 is 5.32 Å². The number of aryl methyl sites for hydroxylation is 2. The van der Waals surface area contributed by atoms with Crippen LogP contribution in [0.2, 0.25) is 0 Å². The molecule has 3 heterocycles. The highest BCUT2D eigenvalue weighted by atomic mass is 32.1. The first-order valence-electron chi connectivity index (χ1n) is 11.8. The van der Waals surface area contributed by atoms with Gasteiger partial charge in [-0.1, -0.05) is 43.5 Å². The lowest BCUT2D eigenvalue weighted by molar-refractivity contribution is 0.197. The van der Waals surface area contributed by atoms with E-state index in [9.17, 15) is 0 Å². The summed E-state index contributed by atoms with van der Waals surface area (Å²) in [6.07, 6.45) is 8.21. The highest BCUT2D eigenvalue weighted by molar-refractivity contribution is 7.80. The molecule has 2 aliphatic rings. The van der Waals surface area contributed by atoms with E-state index in [4.69, 9.17) is 17.2 Å². The van der Waals surface area contributed by atoms with Crippen LogP contribution in [-0.2, 0) is 0 Å². The number of hydrogen-bond acceptors (Lipinski definition) is 2. The maximum atomic E-state index is 5.95. The molecule has 2 aromatic heterocycles. The molecule has 2 atom stereocenters. The molecule has 0 unspecified atom stereocenters. The second kappa shape index (κ2) is 8.70. The van der Waals surface area contributed by atoms with E-state index in [-0.39, 0.29) is 12.1 Å². The van der Waals surface area contributed by atoms with Gasteiger partial charge < -0.3 is 14.8 Å². The molecule has 166 valence electrons. The van der Waals surface area contributed by atoms with E-state index < -0.39 is 0 Å². The fourth-order valence-electron chi connectivity index (χ4n) is 5.72. The van der Waals surface area contributed by atoms with Crippen molar-refractivity contribution < 1.29 is 0 Å². The number of aromatic nitrogens is 2. The molecular formula is C27H32N4S. The number of nitrogens with one attached hydrogen (secondary N) is 1. The van der Waals surface area contributed by atoms with Crippen LogP contribution in [0, 0.1) is 20.8 Å². The summed E-state index contributed by atoms with van der Waals surface area (Å²) >= 11 is 5.95. The van der Waals surface area contributed by atoms with Crippen LogP contribution in [0.25, 0.3) is 5.69 Å². The number of hydrogen-bond donors (Lipinski definition) is 1. The lowest BCUT2D eigenvalue weighted by Gasteiger charge is -2.37. The van der Waals surface area contributed by atoms with E-state index in [1.807, 2.05) is 12.3 Å². The number of benzene rings is 1. The second-order valence-corrected chi connectivity index (χ2v) is 9.66. The van der Waals surface area contributed by atoms with Crippen LogP contribution in [0.15, 0.2) is 54.7 Å². The summed E-state index contributed by atoms with van der Waals surface area (Å²) in [5.74, 6) is 0. The normalized spacial score (nSPS) is 21.7. The molecule has 4 nitrogen and oxygen atoms in total. The predicted molar refractivity (Wildman–Crippen MR) is 134 cm³/mol. The summed E-state index contributed by atoms with van der Waals surface area (Å²) in [7, 11) is 0. The van der Waals surface area contributed by atoms with Gasteiger partial charge in [0, 0.05) is 29.3 Å². The molecule has 1 saturated heterocycles. The number of rotatable bonds is 4. The zero-order valence-corrected chi connectivity index (χ0v) is 20.0. The number of thiocarbonyl (C=S) groups is 1. The highest BCUT2D eigenvalue weighted by Gasteiger charge is 2.44. The molecule has 1 N–H and O–H groups in total. The van der Waals surface area contributed by atoms with Gasteiger partial charge in [-0.3, -0.25) is 4.98 Å². The van der Waals surface area contributed by atoms with Crippen molar-refractivity contribution in [1.82, 2.24) is 19.8 Å². The van der Waals surface area contributed by atoms with Crippen LogP contribution in [0.5, 0.6) is 0 Å². The number of nitrogens with zero attached hydrogens (tertiary/aromatic N) is 3. The van der Waals surface area contributed by atoms with E-state index in [1.165, 1.54) is 60.3 Å². The second-order valence-electron chi connectivity index (χ2n) is 9.27. The average Bonchev–Trinajstić information content (AvgIpc) is 3.31. The molecule has 32 heavy (non-hydrogen) atoms. The third-order valence-electron chi connectivity index (χ3n) is 7.25. The van der Waals surface area contributed by atoms with Gasteiger partial charge in [-0.2, -0.15) is 0 Å². The van der Waals surface area contributed by atoms with E-state index in [2.05, 4.69) is 78.0 Å². The monoisotopic (exact) mass is 444 g/mol. The molecule has 2 fully saturated rings. The van der Waals surface area contributed by atoms with Crippen molar-refractivity contribution in [2.24, 2.45) is 0 Å². The standard InChI is InChI=1S/C27H32N4S/c1-18-11-7-8-15-24(18)30-19(2)17-22(20(30)3)26-25(23-14-9-10-16-28-23)29-27(32)31(26)21-12-5-4-6-13-21/h7-11,14-17,21,25-26H,4-6,12-13H2,1-3H3,(H,29,32)/t25-,26+/m0/s1. The van der Waals surface area contributed by atoms with Crippen LogP contribution in [0.3, 0.4) is 0 Å². The summed E-state index contributed by atoms with van der Waals surface area (Å²) < 4.78 is 2.40. The maximum absolute atomic E-state index is 5.95. The Morgan fingerprint density at radius 1 is 0.969 bits per heavy atom. The first-order valence-corrected chi connectivity index (χ1v) is 12.2. The molecule has 0 radical (unpaired) electrons. The van der Waals surface area contributed by atoms with Crippen molar-refractivity contribution in [3.05, 3.63) is 82.9 Å². The maximum Gasteiger partial charge on any atom is 0.170 e. The molecule has 1 aliphatic carbocycles. The quantitative estimate of drug-likeness (QED) is 0.493. The molecule has 0 bridgehead atoms. The molecule has 1 aromatic carbocycles. The number of para-hydroxylation sites is 1. The van der Waals surface area contributed by atoms with Crippen LogP contribution in [0.1, 0.15) is 72.4 Å². The minimum Gasteiger partial charge on any atom is -0.352 e. The minimum absolute atomic E-state index is 0.0523. The van der Waals surface area contributed by atoms with Crippen LogP contribution in [-0.4, -0.2) is 25.6 Å². The van der Waals surface area contributed by atoms with Crippen molar-refractivity contribution >= 4 is 17.3 Å². The van der Waals surface area contributed by atoms with E-state index >= 15 is 0 Å². The topological polar surface area (TPSA) is 33.1 Å². The molecule has 5 heteroatoms. The smallest absolute Gasteiger partial charge is 0.170 e. The molecular weight excluding hydrogens is 412 g/mol. The molecule has 0 amide bonds.